The Hall–Kier alpha value is -1.02. The van der Waals surface area contributed by atoms with Crippen LogP contribution >= 0.6 is 0 Å². The van der Waals surface area contributed by atoms with Crippen LogP contribution in [-0.2, 0) is 5.41 Å². The minimum atomic E-state index is 0.371. The molecule has 0 aromatic heterocycles. The molecule has 1 aliphatic rings. The minimum Gasteiger partial charge on any atom is -0.496 e. The molecule has 0 atom stereocenters. The summed E-state index contributed by atoms with van der Waals surface area (Å²) < 4.78 is 5.39. The van der Waals surface area contributed by atoms with E-state index in [0.717, 1.165) is 12.3 Å². The molecule has 1 aliphatic carbocycles. The number of likely N-dealkylation sites (N-methyl/N-ethyl adjacent to an activating group) is 1. The third kappa shape index (κ3) is 2.06. The first kappa shape index (κ1) is 12.4. The Bertz CT molecular complexity index is 408. The average Bonchev–Trinajstić information content (AvgIpc) is 2.26. The van der Waals surface area contributed by atoms with Crippen LogP contribution in [0.3, 0.4) is 0 Å². The van der Waals surface area contributed by atoms with Gasteiger partial charge in [-0.15, -0.1) is 0 Å². The molecular weight excluding hydrogens is 210 g/mol. The van der Waals surface area contributed by atoms with Crippen LogP contribution in [0.5, 0.6) is 5.75 Å². The maximum Gasteiger partial charge on any atom is 0.122 e. The van der Waals surface area contributed by atoms with Crippen molar-refractivity contribution in [1.29, 1.82) is 0 Å². The quantitative estimate of drug-likeness (QED) is 0.863. The maximum atomic E-state index is 5.39. The number of benzene rings is 1. The van der Waals surface area contributed by atoms with Gasteiger partial charge in [-0.3, -0.25) is 0 Å². The number of hydrogen-bond acceptors (Lipinski definition) is 2. The van der Waals surface area contributed by atoms with Crippen LogP contribution < -0.4 is 10.1 Å². The van der Waals surface area contributed by atoms with Gasteiger partial charge in [0.05, 0.1) is 7.11 Å². The van der Waals surface area contributed by atoms with Crippen molar-refractivity contribution in [3.05, 3.63) is 28.8 Å². The predicted molar refractivity (Wildman–Crippen MR) is 71.9 cm³/mol. The van der Waals surface area contributed by atoms with Gasteiger partial charge in [-0.2, -0.15) is 0 Å². The van der Waals surface area contributed by atoms with Crippen molar-refractivity contribution in [3.8, 4) is 5.75 Å². The molecule has 0 heterocycles. The van der Waals surface area contributed by atoms with Crippen molar-refractivity contribution >= 4 is 0 Å². The van der Waals surface area contributed by atoms with Crippen molar-refractivity contribution in [2.75, 3.05) is 20.7 Å². The lowest BCUT2D eigenvalue weighted by atomic mass is 9.63. The molecule has 0 aliphatic heterocycles. The SMILES string of the molecule is CNCC1(c2cc(C)c(OC)cc2C)CCC1. The molecule has 2 rings (SSSR count). The van der Waals surface area contributed by atoms with E-state index in [1.54, 1.807) is 7.11 Å². The number of nitrogens with one attached hydrogen (secondary N) is 1. The summed E-state index contributed by atoms with van der Waals surface area (Å²) in [4.78, 5) is 0. The number of rotatable bonds is 4. The van der Waals surface area contributed by atoms with Gasteiger partial charge in [0, 0.05) is 12.0 Å². The second-order valence-electron chi connectivity index (χ2n) is 5.30. The van der Waals surface area contributed by atoms with Gasteiger partial charge in [0.1, 0.15) is 5.75 Å². The van der Waals surface area contributed by atoms with E-state index < -0.39 is 0 Å². The monoisotopic (exact) mass is 233 g/mol. The van der Waals surface area contributed by atoms with Crippen molar-refractivity contribution in [1.82, 2.24) is 5.32 Å². The van der Waals surface area contributed by atoms with Crippen LogP contribution in [0.2, 0.25) is 0 Å². The molecule has 17 heavy (non-hydrogen) atoms. The van der Waals surface area contributed by atoms with Gasteiger partial charge in [0.25, 0.3) is 0 Å². The van der Waals surface area contributed by atoms with Gasteiger partial charge < -0.3 is 10.1 Å². The van der Waals surface area contributed by atoms with Crippen LogP contribution in [0.1, 0.15) is 36.0 Å². The summed E-state index contributed by atoms with van der Waals surface area (Å²) in [5.74, 6) is 1.00. The van der Waals surface area contributed by atoms with Gasteiger partial charge in [0.2, 0.25) is 0 Å². The second-order valence-corrected chi connectivity index (χ2v) is 5.30. The van der Waals surface area contributed by atoms with Gasteiger partial charge in [-0.05, 0) is 56.5 Å². The largest absolute Gasteiger partial charge is 0.496 e. The van der Waals surface area contributed by atoms with E-state index in [-0.39, 0.29) is 0 Å². The molecule has 1 aromatic rings. The first-order valence-electron chi connectivity index (χ1n) is 6.43. The lowest BCUT2D eigenvalue weighted by Crippen LogP contribution is -2.43. The zero-order valence-electron chi connectivity index (χ0n) is 11.4. The summed E-state index contributed by atoms with van der Waals surface area (Å²) in [6.45, 7) is 5.42. The lowest BCUT2D eigenvalue weighted by molar-refractivity contribution is 0.237. The van der Waals surface area contributed by atoms with Crippen LogP contribution in [-0.4, -0.2) is 20.7 Å². The van der Waals surface area contributed by atoms with E-state index in [4.69, 9.17) is 4.74 Å². The van der Waals surface area contributed by atoms with Gasteiger partial charge in [-0.1, -0.05) is 12.5 Å². The molecule has 2 nitrogen and oxygen atoms in total. The van der Waals surface area contributed by atoms with E-state index >= 15 is 0 Å². The van der Waals surface area contributed by atoms with E-state index in [0.29, 0.717) is 5.41 Å². The fourth-order valence-electron chi connectivity index (χ4n) is 3.06. The standard InChI is InChI=1S/C15H23NO/c1-11-9-14(17-4)12(2)8-13(11)15(10-16-3)6-5-7-15/h8-9,16H,5-7,10H2,1-4H3. The molecule has 2 heteroatoms. The predicted octanol–water partition coefficient (Wildman–Crippen LogP) is 2.95. The summed E-state index contributed by atoms with van der Waals surface area (Å²) in [5.41, 5.74) is 4.49. The van der Waals surface area contributed by atoms with Crippen molar-refractivity contribution in [3.63, 3.8) is 0 Å². The van der Waals surface area contributed by atoms with Crippen LogP contribution in [0.15, 0.2) is 12.1 Å². The smallest absolute Gasteiger partial charge is 0.122 e. The number of aryl methyl sites for hydroxylation is 2. The summed E-state index contributed by atoms with van der Waals surface area (Å²) in [6, 6.07) is 4.51. The van der Waals surface area contributed by atoms with E-state index in [2.05, 4.69) is 31.3 Å². The normalized spacial score (nSPS) is 17.6. The highest BCUT2D eigenvalue weighted by Gasteiger charge is 2.39. The molecule has 1 fully saturated rings. The number of ether oxygens (including phenoxy) is 1. The third-order valence-corrected chi connectivity index (χ3v) is 4.14. The second kappa shape index (κ2) is 4.69. The summed E-state index contributed by atoms with van der Waals surface area (Å²) >= 11 is 0. The Balaban J connectivity index is 2.41. The number of methoxy groups -OCH3 is 1. The van der Waals surface area contributed by atoms with Gasteiger partial charge in [-0.25, -0.2) is 0 Å². The molecule has 0 amide bonds. The summed E-state index contributed by atoms with van der Waals surface area (Å²) in [7, 11) is 3.79. The van der Waals surface area contributed by atoms with Crippen LogP contribution in [0, 0.1) is 13.8 Å². The van der Waals surface area contributed by atoms with E-state index in [1.807, 2.05) is 7.05 Å². The zero-order valence-corrected chi connectivity index (χ0v) is 11.4. The molecule has 0 unspecified atom stereocenters. The molecule has 1 saturated carbocycles. The highest BCUT2D eigenvalue weighted by molar-refractivity contribution is 5.46. The Kier molecular flexibility index (Phi) is 3.43. The molecule has 0 spiro atoms. The Morgan fingerprint density at radius 1 is 1.24 bits per heavy atom. The van der Waals surface area contributed by atoms with Gasteiger partial charge in [0.15, 0.2) is 0 Å². The van der Waals surface area contributed by atoms with Gasteiger partial charge >= 0.3 is 0 Å². The maximum absolute atomic E-state index is 5.39. The number of hydrogen-bond donors (Lipinski definition) is 1. The molecule has 94 valence electrons. The van der Waals surface area contributed by atoms with E-state index in [1.165, 1.54) is 36.0 Å². The minimum absolute atomic E-state index is 0.371. The molecular formula is C15H23NO. The summed E-state index contributed by atoms with van der Waals surface area (Å²) in [6.07, 6.45) is 3.97. The molecule has 0 saturated heterocycles. The average molecular weight is 233 g/mol. The lowest BCUT2D eigenvalue weighted by Gasteiger charge is -2.43. The van der Waals surface area contributed by atoms with Crippen LogP contribution in [0.4, 0.5) is 0 Å². The first-order valence-corrected chi connectivity index (χ1v) is 6.43. The summed E-state index contributed by atoms with van der Waals surface area (Å²) in [5, 5.41) is 3.35. The molecule has 1 N–H and O–H groups in total. The Morgan fingerprint density at radius 3 is 2.41 bits per heavy atom. The molecule has 0 bridgehead atoms. The van der Waals surface area contributed by atoms with Crippen molar-refractivity contribution < 1.29 is 4.74 Å². The fraction of sp³-hybridized carbons (Fsp3) is 0.600. The molecule has 0 radical (unpaired) electrons. The van der Waals surface area contributed by atoms with Crippen LogP contribution in [0.25, 0.3) is 0 Å². The third-order valence-electron chi connectivity index (χ3n) is 4.14. The highest BCUT2D eigenvalue weighted by Crippen LogP contribution is 2.45. The van der Waals surface area contributed by atoms with E-state index in [9.17, 15) is 0 Å². The fourth-order valence-corrected chi connectivity index (χ4v) is 3.06. The zero-order chi connectivity index (χ0) is 12.5. The topological polar surface area (TPSA) is 21.3 Å². The highest BCUT2D eigenvalue weighted by atomic mass is 16.5. The molecule has 1 aromatic carbocycles. The Labute approximate surface area is 104 Å². The first-order chi connectivity index (χ1) is 8.13. The van der Waals surface area contributed by atoms with Crippen molar-refractivity contribution in [2.45, 2.75) is 38.5 Å². The van der Waals surface area contributed by atoms with Crippen molar-refractivity contribution in [2.24, 2.45) is 0 Å². The Morgan fingerprint density at radius 2 is 1.94 bits per heavy atom.